The molecule has 2 heterocycles. The van der Waals surface area contributed by atoms with Gasteiger partial charge in [-0.15, -0.1) is 0 Å². The van der Waals surface area contributed by atoms with Crippen LogP contribution in [-0.4, -0.2) is 53.1 Å². The van der Waals surface area contributed by atoms with Crippen molar-refractivity contribution in [1.29, 1.82) is 5.26 Å². The molecule has 0 bridgehead atoms. The Morgan fingerprint density at radius 3 is 2.40 bits per heavy atom. The number of likely N-dealkylation sites (N-methyl/N-ethyl adjacent to an activating group) is 1. The lowest BCUT2D eigenvalue weighted by Gasteiger charge is -2.52. The Labute approximate surface area is 150 Å². The monoisotopic (exact) mass is 341 g/mol. The summed E-state index contributed by atoms with van der Waals surface area (Å²) >= 11 is 0. The predicted molar refractivity (Wildman–Crippen MR) is 95.8 cm³/mol. The molecule has 0 atom stereocenters. The largest absolute Gasteiger partial charge is 0.357 e. The van der Waals surface area contributed by atoms with E-state index in [9.17, 15) is 4.79 Å². The molecule has 0 unspecified atom stereocenters. The Bertz CT molecular complexity index is 667. The molecule has 0 radical (unpaired) electrons. The van der Waals surface area contributed by atoms with Crippen LogP contribution in [0.5, 0.6) is 0 Å². The standard InChI is InChI=1S/C20H27N3O2/c1-4-23-15-20(25-19(2,3)18(23)24)9-11-22(12-10-20)14-17-7-5-16(13-21)6-8-17/h5-8H,4,9-12,14-15H2,1-3H3. The van der Waals surface area contributed by atoms with Gasteiger partial charge in [0.1, 0.15) is 5.60 Å². The van der Waals surface area contributed by atoms with Gasteiger partial charge < -0.3 is 9.64 Å². The van der Waals surface area contributed by atoms with Crippen LogP contribution in [0.4, 0.5) is 0 Å². The average molecular weight is 341 g/mol. The third-order valence-corrected chi connectivity index (χ3v) is 5.39. The summed E-state index contributed by atoms with van der Waals surface area (Å²) < 4.78 is 6.32. The topological polar surface area (TPSA) is 56.6 Å². The van der Waals surface area contributed by atoms with Gasteiger partial charge in [0, 0.05) is 32.7 Å². The lowest BCUT2D eigenvalue weighted by molar-refractivity contribution is -0.216. The fourth-order valence-electron chi connectivity index (χ4n) is 3.99. The van der Waals surface area contributed by atoms with Gasteiger partial charge >= 0.3 is 0 Å². The molecule has 0 saturated carbocycles. The number of nitriles is 1. The minimum absolute atomic E-state index is 0.0978. The highest BCUT2D eigenvalue weighted by atomic mass is 16.5. The first kappa shape index (κ1) is 17.9. The molecule has 5 heteroatoms. The van der Waals surface area contributed by atoms with E-state index in [1.807, 2.05) is 49.9 Å². The van der Waals surface area contributed by atoms with E-state index < -0.39 is 5.60 Å². The molecule has 1 amide bonds. The van der Waals surface area contributed by atoms with Gasteiger partial charge in [0.15, 0.2) is 0 Å². The Hall–Kier alpha value is -1.90. The fraction of sp³-hybridized carbons (Fsp3) is 0.600. The number of nitrogens with zero attached hydrogens (tertiary/aromatic N) is 3. The van der Waals surface area contributed by atoms with Gasteiger partial charge in [0.25, 0.3) is 5.91 Å². The molecule has 0 N–H and O–H groups in total. The van der Waals surface area contributed by atoms with Crippen LogP contribution in [0.1, 0.15) is 44.7 Å². The normalized spacial score (nSPS) is 22.8. The summed E-state index contributed by atoms with van der Waals surface area (Å²) in [5.41, 5.74) is 0.978. The Morgan fingerprint density at radius 2 is 1.84 bits per heavy atom. The molecule has 3 rings (SSSR count). The number of amides is 1. The molecule has 2 fully saturated rings. The Balaban J connectivity index is 1.62. The van der Waals surface area contributed by atoms with Crippen molar-refractivity contribution in [1.82, 2.24) is 9.80 Å². The van der Waals surface area contributed by atoms with Crippen molar-refractivity contribution < 1.29 is 9.53 Å². The van der Waals surface area contributed by atoms with Gasteiger partial charge in [-0.25, -0.2) is 0 Å². The molecule has 2 aliphatic heterocycles. The highest BCUT2D eigenvalue weighted by molar-refractivity contribution is 5.85. The van der Waals surface area contributed by atoms with Crippen LogP contribution in [-0.2, 0) is 16.1 Å². The highest BCUT2D eigenvalue weighted by Gasteiger charge is 2.50. The second-order valence-corrected chi connectivity index (χ2v) is 7.70. The number of carbonyl (C=O) groups excluding carboxylic acids is 1. The molecular formula is C20H27N3O2. The molecule has 5 nitrogen and oxygen atoms in total. The molecule has 25 heavy (non-hydrogen) atoms. The number of piperidine rings is 1. The van der Waals surface area contributed by atoms with E-state index in [1.165, 1.54) is 5.56 Å². The van der Waals surface area contributed by atoms with Crippen molar-refractivity contribution >= 4 is 5.91 Å². The van der Waals surface area contributed by atoms with Gasteiger partial charge in [-0.1, -0.05) is 12.1 Å². The number of rotatable bonds is 3. The maximum Gasteiger partial charge on any atom is 0.254 e. The third kappa shape index (κ3) is 3.70. The lowest BCUT2D eigenvalue weighted by atomic mass is 9.86. The molecular weight excluding hydrogens is 314 g/mol. The molecule has 1 aromatic carbocycles. The summed E-state index contributed by atoms with van der Waals surface area (Å²) in [6.45, 7) is 10.1. The molecule has 134 valence electrons. The summed E-state index contributed by atoms with van der Waals surface area (Å²) in [6.07, 6.45) is 1.88. The molecule has 0 aromatic heterocycles. The number of hydrogen-bond acceptors (Lipinski definition) is 4. The van der Waals surface area contributed by atoms with E-state index >= 15 is 0 Å². The highest BCUT2D eigenvalue weighted by Crippen LogP contribution is 2.37. The summed E-state index contributed by atoms with van der Waals surface area (Å²) in [5, 5.41) is 8.89. The van der Waals surface area contributed by atoms with Crippen LogP contribution in [0.3, 0.4) is 0 Å². The molecule has 2 saturated heterocycles. The van der Waals surface area contributed by atoms with Crippen molar-refractivity contribution in [2.75, 3.05) is 26.2 Å². The maximum atomic E-state index is 12.4. The Morgan fingerprint density at radius 1 is 1.20 bits per heavy atom. The number of hydrogen-bond donors (Lipinski definition) is 0. The van der Waals surface area contributed by atoms with Gasteiger partial charge in [0.05, 0.1) is 17.2 Å². The zero-order valence-corrected chi connectivity index (χ0v) is 15.4. The predicted octanol–water partition coefficient (Wildman–Crippen LogP) is 2.55. The van der Waals surface area contributed by atoms with E-state index in [2.05, 4.69) is 11.0 Å². The zero-order valence-electron chi connectivity index (χ0n) is 15.4. The zero-order chi connectivity index (χ0) is 18.1. The first-order chi connectivity index (χ1) is 11.9. The van der Waals surface area contributed by atoms with E-state index in [1.54, 1.807) is 0 Å². The van der Waals surface area contributed by atoms with Crippen molar-refractivity contribution in [3.05, 3.63) is 35.4 Å². The number of morpholine rings is 1. The number of likely N-dealkylation sites (tertiary alicyclic amines) is 1. The number of carbonyl (C=O) groups is 1. The van der Waals surface area contributed by atoms with Crippen LogP contribution in [0.2, 0.25) is 0 Å². The minimum atomic E-state index is -0.733. The van der Waals surface area contributed by atoms with Crippen LogP contribution in [0, 0.1) is 11.3 Å². The summed E-state index contributed by atoms with van der Waals surface area (Å²) in [5.74, 6) is 0.0978. The quantitative estimate of drug-likeness (QED) is 0.848. The summed E-state index contributed by atoms with van der Waals surface area (Å²) in [6, 6.07) is 9.96. The fourth-order valence-corrected chi connectivity index (χ4v) is 3.99. The Kier molecular flexibility index (Phi) is 4.86. The van der Waals surface area contributed by atoms with Crippen molar-refractivity contribution in [2.24, 2.45) is 0 Å². The van der Waals surface area contributed by atoms with Gasteiger partial charge in [0.2, 0.25) is 0 Å². The van der Waals surface area contributed by atoms with Crippen LogP contribution in [0.15, 0.2) is 24.3 Å². The van der Waals surface area contributed by atoms with Crippen molar-refractivity contribution in [2.45, 2.75) is 51.4 Å². The first-order valence-electron chi connectivity index (χ1n) is 9.08. The van der Waals surface area contributed by atoms with Gasteiger partial charge in [-0.2, -0.15) is 5.26 Å². The van der Waals surface area contributed by atoms with Crippen LogP contribution >= 0.6 is 0 Å². The number of benzene rings is 1. The van der Waals surface area contributed by atoms with E-state index in [-0.39, 0.29) is 11.5 Å². The summed E-state index contributed by atoms with van der Waals surface area (Å²) in [7, 11) is 0. The van der Waals surface area contributed by atoms with Crippen LogP contribution in [0.25, 0.3) is 0 Å². The third-order valence-electron chi connectivity index (χ3n) is 5.39. The second-order valence-electron chi connectivity index (χ2n) is 7.70. The first-order valence-corrected chi connectivity index (χ1v) is 9.08. The van der Waals surface area contributed by atoms with Crippen molar-refractivity contribution in [3.63, 3.8) is 0 Å². The molecule has 2 aliphatic rings. The SMILES string of the molecule is CCN1CC2(CCN(Cc3ccc(C#N)cc3)CC2)OC(C)(C)C1=O. The van der Waals surface area contributed by atoms with Gasteiger partial charge in [-0.05, 0) is 51.3 Å². The minimum Gasteiger partial charge on any atom is -0.357 e. The van der Waals surface area contributed by atoms with E-state index in [0.717, 1.165) is 39.0 Å². The smallest absolute Gasteiger partial charge is 0.254 e. The van der Waals surface area contributed by atoms with E-state index in [4.69, 9.17) is 10.00 Å². The van der Waals surface area contributed by atoms with Crippen LogP contribution < -0.4 is 0 Å². The summed E-state index contributed by atoms with van der Waals surface area (Å²) in [4.78, 5) is 16.8. The van der Waals surface area contributed by atoms with E-state index in [0.29, 0.717) is 12.1 Å². The molecule has 1 aromatic rings. The number of ether oxygens (including phenoxy) is 1. The van der Waals surface area contributed by atoms with Crippen molar-refractivity contribution in [3.8, 4) is 6.07 Å². The lowest BCUT2D eigenvalue weighted by Crippen LogP contribution is -2.65. The molecule has 0 aliphatic carbocycles. The maximum absolute atomic E-state index is 12.4. The van der Waals surface area contributed by atoms with Gasteiger partial charge in [-0.3, -0.25) is 9.69 Å². The molecule has 1 spiro atoms. The second kappa shape index (κ2) is 6.78. The average Bonchev–Trinajstić information content (AvgIpc) is 2.61.